The first kappa shape index (κ1) is 23.8. The first-order chi connectivity index (χ1) is 17.5. The molecule has 0 saturated heterocycles. The summed E-state index contributed by atoms with van der Waals surface area (Å²) in [5.74, 6) is 2.43. The zero-order valence-corrected chi connectivity index (χ0v) is 21.1. The molecule has 1 aliphatic heterocycles. The van der Waals surface area contributed by atoms with Crippen molar-refractivity contribution in [2.45, 2.75) is 44.8 Å². The summed E-state index contributed by atoms with van der Waals surface area (Å²) in [6.45, 7) is 4.03. The smallest absolute Gasteiger partial charge is 0.163 e. The molecule has 2 aliphatic rings. The second-order valence-electron chi connectivity index (χ2n) is 9.51. The van der Waals surface area contributed by atoms with Crippen LogP contribution in [0.3, 0.4) is 0 Å². The van der Waals surface area contributed by atoms with Crippen molar-refractivity contribution in [3.05, 3.63) is 89.1 Å². The van der Waals surface area contributed by atoms with E-state index < -0.39 is 0 Å². The van der Waals surface area contributed by atoms with Crippen LogP contribution in [-0.2, 0) is 4.79 Å². The van der Waals surface area contributed by atoms with Gasteiger partial charge in [0.15, 0.2) is 5.78 Å². The molecule has 36 heavy (non-hydrogen) atoms. The molecule has 2 unspecified atom stereocenters. The summed E-state index contributed by atoms with van der Waals surface area (Å²) in [7, 11) is 3.27. The van der Waals surface area contributed by atoms with Gasteiger partial charge in [0.1, 0.15) is 17.2 Å². The van der Waals surface area contributed by atoms with Crippen LogP contribution in [-0.4, -0.2) is 26.1 Å². The number of fused-ring (bicyclic) bond motifs is 1. The lowest BCUT2D eigenvalue weighted by Gasteiger charge is -2.30. The van der Waals surface area contributed by atoms with Crippen molar-refractivity contribution in [1.29, 1.82) is 0 Å². The number of carbonyl (C=O) groups is 1. The van der Waals surface area contributed by atoms with Crippen LogP contribution >= 0.6 is 0 Å². The van der Waals surface area contributed by atoms with E-state index in [-0.39, 0.29) is 23.8 Å². The topological polar surface area (TPSA) is 68.8 Å². The molecule has 2 atom stereocenters. The van der Waals surface area contributed by atoms with Gasteiger partial charge in [0.05, 0.1) is 37.7 Å². The van der Waals surface area contributed by atoms with Crippen LogP contribution in [0.5, 0.6) is 17.2 Å². The predicted octanol–water partition coefficient (Wildman–Crippen LogP) is 6.47. The third-order valence-corrected chi connectivity index (χ3v) is 6.78. The molecular formula is C30H32N2O4. The molecule has 2 N–H and O–H groups in total. The second-order valence-corrected chi connectivity index (χ2v) is 9.51. The van der Waals surface area contributed by atoms with Gasteiger partial charge in [-0.15, -0.1) is 0 Å². The molecular weight excluding hydrogens is 452 g/mol. The Hall–Kier alpha value is -3.93. The monoisotopic (exact) mass is 484 g/mol. The van der Waals surface area contributed by atoms with Crippen LogP contribution in [0, 0.1) is 0 Å². The fourth-order valence-electron chi connectivity index (χ4n) is 5.11. The molecule has 186 valence electrons. The number of anilines is 2. The molecule has 0 amide bonds. The summed E-state index contributed by atoms with van der Waals surface area (Å²) in [4.78, 5) is 13.8. The van der Waals surface area contributed by atoms with Gasteiger partial charge >= 0.3 is 0 Å². The molecule has 0 saturated carbocycles. The molecule has 0 fully saturated rings. The predicted molar refractivity (Wildman–Crippen MR) is 142 cm³/mol. The minimum atomic E-state index is -0.354. The standard InChI is InChI=1S/C30H32N2O4/c1-18(2)36-21-11-9-19(10-12-21)20-15-26-29(27(33)16-20)30(32-25-8-6-5-7-24(25)31-26)23-14-13-22(34-3)17-28(23)35-4/h5-14,17-18,20,30-32H,15-16H2,1-4H3. The Labute approximate surface area is 212 Å². The van der Waals surface area contributed by atoms with E-state index in [9.17, 15) is 4.79 Å². The van der Waals surface area contributed by atoms with E-state index in [4.69, 9.17) is 14.2 Å². The normalized spacial score (nSPS) is 19.0. The van der Waals surface area contributed by atoms with Crippen LogP contribution in [0.1, 0.15) is 49.8 Å². The highest BCUT2D eigenvalue weighted by Gasteiger charge is 2.37. The van der Waals surface area contributed by atoms with Crippen molar-refractivity contribution < 1.29 is 19.0 Å². The lowest BCUT2D eigenvalue weighted by atomic mass is 9.78. The number of allylic oxidation sites excluding steroid dienone is 1. The SMILES string of the molecule is COc1ccc(C2Nc3ccccc3NC3=C2C(=O)CC(c2ccc(OC(C)C)cc2)C3)c(OC)c1. The number of Topliss-reactive ketones (excluding diaryl/α,β-unsaturated/α-hetero) is 1. The van der Waals surface area contributed by atoms with Crippen molar-refractivity contribution in [2.75, 3.05) is 24.9 Å². The van der Waals surface area contributed by atoms with Gasteiger partial charge in [-0.25, -0.2) is 0 Å². The number of rotatable bonds is 6. The highest BCUT2D eigenvalue weighted by Crippen LogP contribution is 2.46. The minimum absolute atomic E-state index is 0.0838. The van der Waals surface area contributed by atoms with E-state index in [0.29, 0.717) is 17.9 Å². The first-order valence-corrected chi connectivity index (χ1v) is 12.3. The Morgan fingerprint density at radius 1 is 0.861 bits per heavy atom. The number of ether oxygens (including phenoxy) is 3. The highest BCUT2D eigenvalue weighted by molar-refractivity contribution is 6.01. The molecule has 0 aromatic heterocycles. The molecule has 5 rings (SSSR count). The Morgan fingerprint density at radius 2 is 1.58 bits per heavy atom. The summed E-state index contributed by atoms with van der Waals surface area (Å²) in [6, 6.07) is 21.6. The minimum Gasteiger partial charge on any atom is -0.497 e. The summed E-state index contributed by atoms with van der Waals surface area (Å²) >= 11 is 0. The fourth-order valence-corrected chi connectivity index (χ4v) is 5.11. The third-order valence-electron chi connectivity index (χ3n) is 6.78. The van der Waals surface area contributed by atoms with Gasteiger partial charge in [-0.05, 0) is 68.1 Å². The van der Waals surface area contributed by atoms with Gasteiger partial charge < -0.3 is 24.8 Å². The van der Waals surface area contributed by atoms with Crippen LogP contribution in [0.25, 0.3) is 0 Å². The van der Waals surface area contributed by atoms with Crippen LogP contribution in [0.2, 0.25) is 0 Å². The number of hydrogen-bond donors (Lipinski definition) is 2. The molecule has 1 heterocycles. The van der Waals surface area contributed by atoms with Crippen molar-refractivity contribution in [2.24, 2.45) is 0 Å². The van der Waals surface area contributed by atoms with Crippen molar-refractivity contribution in [1.82, 2.24) is 0 Å². The van der Waals surface area contributed by atoms with Gasteiger partial charge in [0.25, 0.3) is 0 Å². The van der Waals surface area contributed by atoms with Crippen LogP contribution in [0.4, 0.5) is 11.4 Å². The van der Waals surface area contributed by atoms with Gasteiger partial charge in [0, 0.05) is 29.3 Å². The van der Waals surface area contributed by atoms with E-state index in [1.165, 1.54) is 0 Å². The van der Waals surface area contributed by atoms with E-state index in [1.54, 1.807) is 14.2 Å². The summed E-state index contributed by atoms with van der Waals surface area (Å²) in [5.41, 5.74) is 5.62. The molecule has 1 aliphatic carbocycles. The average molecular weight is 485 g/mol. The Balaban J connectivity index is 1.55. The zero-order chi connectivity index (χ0) is 25.2. The molecule has 3 aromatic rings. The van der Waals surface area contributed by atoms with Crippen molar-refractivity contribution in [3.8, 4) is 17.2 Å². The fraction of sp³-hybridized carbons (Fsp3) is 0.300. The third kappa shape index (κ3) is 4.63. The van der Waals surface area contributed by atoms with Gasteiger partial charge in [0.2, 0.25) is 0 Å². The van der Waals surface area contributed by atoms with E-state index in [2.05, 4.69) is 22.8 Å². The number of carbonyl (C=O) groups excluding carboxylic acids is 1. The molecule has 0 spiro atoms. The number of hydrogen-bond acceptors (Lipinski definition) is 6. The molecule has 0 radical (unpaired) electrons. The number of para-hydroxylation sites is 2. The summed E-state index contributed by atoms with van der Waals surface area (Å²) < 4.78 is 16.9. The lowest BCUT2D eigenvalue weighted by Crippen LogP contribution is -2.27. The number of ketones is 1. The average Bonchev–Trinajstić information content (AvgIpc) is 3.05. The Bertz CT molecular complexity index is 1300. The highest BCUT2D eigenvalue weighted by atomic mass is 16.5. The largest absolute Gasteiger partial charge is 0.497 e. The lowest BCUT2D eigenvalue weighted by molar-refractivity contribution is -0.116. The second kappa shape index (κ2) is 9.97. The number of nitrogens with one attached hydrogen (secondary N) is 2. The van der Waals surface area contributed by atoms with E-state index in [0.717, 1.165) is 45.9 Å². The van der Waals surface area contributed by atoms with Crippen LogP contribution in [0.15, 0.2) is 78.0 Å². The maximum atomic E-state index is 13.8. The molecule has 0 bridgehead atoms. The zero-order valence-electron chi connectivity index (χ0n) is 21.1. The maximum absolute atomic E-state index is 13.8. The first-order valence-electron chi connectivity index (χ1n) is 12.3. The molecule has 6 nitrogen and oxygen atoms in total. The van der Waals surface area contributed by atoms with Gasteiger partial charge in [-0.2, -0.15) is 0 Å². The van der Waals surface area contributed by atoms with Crippen LogP contribution < -0.4 is 24.8 Å². The summed E-state index contributed by atoms with van der Waals surface area (Å²) in [5, 5.41) is 7.21. The maximum Gasteiger partial charge on any atom is 0.163 e. The quantitative estimate of drug-likeness (QED) is 0.418. The van der Waals surface area contributed by atoms with Crippen molar-refractivity contribution in [3.63, 3.8) is 0 Å². The van der Waals surface area contributed by atoms with Gasteiger partial charge in [-0.1, -0.05) is 24.3 Å². The van der Waals surface area contributed by atoms with E-state index >= 15 is 0 Å². The Kier molecular flexibility index (Phi) is 6.59. The molecule has 3 aromatic carbocycles. The molecule has 6 heteroatoms. The Morgan fingerprint density at radius 3 is 2.28 bits per heavy atom. The summed E-state index contributed by atoms with van der Waals surface area (Å²) in [6.07, 6.45) is 1.29. The van der Waals surface area contributed by atoms with Gasteiger partial charge in [-0.3, -0.25) is 4.79 Å². The number of methoxy groups -OCH3 is 2. The number of benzene rings is 3. The van der Waals surface area contributed by atoms with Crippen molar-refractivity contribution >= 4 is 17.2 Å². The van der Waals surface area contributed by atoms with E-state index in [1.807, 2.05) is 68.4 Å².